The Morgan fingerprint density at radius 1 is 0.812 bits per heavy atom. The van der Waals surface area contributed by atoms with Gasteiger partial charge in [-0.05, 0) is 72.4 Å². The summed E-state index contributed by atoms with van der Waals surface area (Å²) in [6.07, 6.45) is 13.5. The SMILES string of the molecule is CCCCCc1cccc(C(=CC(=C=[N+]=[N-])CCCC)c2cccc(CCCC)c2)c1.[Ni]. The standard InChI is InChI=1S/C29H38N2.Ni/c1-4-7-10-15-25-17-12-19-28(21-25)29(22-26(23-31-30)14-9-6-3)27-18-11-16-24(20-27)13-8-5-2;/h11-12,16-22H,4-10,13-15H2,1-3H3;. The Labute approximate surface area is 205 Å². The summed E-state index contributed by atoms with van der Waals surface area (Å²) in [6.45, 7) is 6.66. The van der Waals surface area contributed by atoms with Crippen LogP contribution in [-0.2, 0) is 29.3 Å². The van der Waals surface area contributed by atoms with Gasteiger partial charge in [-0.15, -0.1) is 4.79 Å². The number of hydrogen-bond donors (Lipinski definition) is 0. The van der Waals surface area contributed by atoms with Gasteiger partial charge in [0.1, 0.15) is 0 Å². The van der Waals surface area contributed by atoms with Crippen LogP contribution in [0.15, 0.2) is 60.2 Å². The van der Waals surface area contributed by atoms with Crippen LogP contribution in [0.2, 0.25) is 0 Å². The van der Waals surface area contributed by atoms with E-state index in [1.807, 2.05) is 0 Å². The van der Waals surface area contributed by atoms with Crippen molar-refractivity contribution in [2.75, 3.05) is 0 Å². The first-order valence-electron chi connectivity index (χ1n) is 12.1. The normalized spacial score (nSPS) is 10.8. The Morgan fingerprint density at radius 3 is 1.91 bits per heavy atom. The summed E-state index contributed by atoms with van der Waals surface area (Å²) in [6, 6.07) is 17.8. The average molecular weight is 473 g/mol. The van der Waals surface area contributed by atoms with E-state index in [2.05, 4.69) is 86.0 Å². The average Bonchev–Trinajstić information content (AvgIpc) is 2.80. The van der Waals surface area contributed by atoms with Crippen LogP contribution in [0.25, 0.3) is 11.1 Å². The summed E-state index contributed by atoms with van der Waals surface area (Å²) < 4.78 is 0. The molecule has 0 radical (unpaired) electrons. The molecule has 0 fully saturated rings. The third-order valence-electron chi connectivity index (χ3n) is 5.68. The molecule has 0 amide bonds. The molecule has 0 atom stereocenters. The number of unbranched alkanes of at least 4 members (excludes halogenated alkanes) is 4. The van der Waals surface area contributed by atoms with E-state index in [0.29, 0.717) is 0 Å². The van der Waals surface area contributed by atoms with Crippen molar-refractivity contribution < 1.29 is 21.3 Å². The Kier molecular flexibility index (Phi) is 14.3. The number of rotatable bonds is 13. The summed E-state index contributed by atoms with van der Waals surface area (Å²) in [5.41, 5.74) is 16.5. The molecule has 0 aromatic heterocycles. The summed E-state index contributed by atoms with van der Waals surface area (Å²) in [4.78, 5) is 3.22. The largest absolute Gasteiger partial charge is 0.348 e. The molecule has 2 nitrogen and oxygen atoms in total. The fourth-order valence-electron chi connectivity index (χ4n) is 3.85. The Hall–Kier alpha value is -2.17. The van der Waals surface area contributed by atoms with Gasteiger partial charge >= 0.3 is 5.87 Å². The number of benzene rings is 2. The molecule has 3 heteroatoms. The fraction of sp³-hybridized carbons (Fsp3) is 0.448. The van der Waals surface area contributed by atoms with Gasteiger partial charge in [0.15, 0.2) is 0 Å². The zero-order valence-electron chi connectivity index (χ0n) is 20.0. The minimum atomic E-state index is 0. The Morgan fingerprint density at radius 2 is 1.38 bits per heavy atom. The molecule has 0 aliphatic carbocycles. The van der Waals surface area contributed by atoms with Gasteiger partial charge in [0.05, 0.1) is 5.57 Å². The first-order chi connectivity index (χ1) is 15.2. The molecule has 0 aliphatic heterocycles. The summed E-state index contributed by atoms with van der Waals surface area (Å²) in [5, 5.41) is 0. The van der Waals surface area contributed by atoms with E-state index in [1.165, 1.54) is 59.9 Å². The molecule has 0 saturated heterocycles. The van der Waals surface area contributed by atoms with Gasteiger partial charge in [0.25, 0.3) is 0 Å². The van der Waals surface area contributed by atoms with Crippen molar-refractivity contribution in [1.82, 2.24) is 0 Å². The molecule has 32 heavy (non-hydrogen) atoms. The van der Waals surface area contributed by atoms with Gasteiger partial charge in [0, 0.05) is 16.5 Å². The Bertz CT molecular complexity index is 932. The first-order valence-corrected chi connectivity index (χ1v) is 12.1. The molecular weight excluding hydrogens is 435 g/mol. The second-order valence-electron chi connectivity index (χ2n) is 8.36. The second kappa shape index (κ2) is 16.5. The van der Waals surface area contributed by atoms with Crippen molar-refractivity contribution in [1.29, 1.82) is 0 Å². The smallest absolute Gasteiger partial charge is 0.303 e. The topological polar surface area (TPSA) is 36.4 Å². The summed E-state index contributed by atoms with van der Waals surface area (Å²) >= 11 is 0. The number of hydrogen-bond acceptors (Lipinski definition) is 0. The van der Waals surface area contributed by atoms with E-state index >= 15 is 0 Å². The van der Waals surface area contributed by atoms with Crippen molar-refractivity contribution in [2.45, 2.75) is 85.0 Å². The molecule has 0 saturated carbocycles. The molecule has 174 valence electrons. The molecule has 0 N–H and O–H groups in total. The van der Waals surface area contributed by atoms with Crippen LogP contribution in [0.4, 0.5) is 0 Å². The number of nitrogens with zero attached hydrogens (tertiary/aromatic N) is 2. The van der Waals surface area contributed by atoms with E-state index in [0.717, 1.165) is 37.7 Å². The maximum Gasteiger partial charge on any atom is 0.303 e. The van der Waals surface area contributed by atoms with Crippen LogP contribution in [-0.4, -0.2) is 10.7 Å². The molecule has 0 spiro atoms. The van der Waals surface area contributed by atoms with Gasteiger partial charge in [-0.25, -0.2) is 0 Å². The van der Waals surface area contributed by atoms with Crippen LogP contribution in [0.1, 0.15) is 94.4 Å². The van der Waals surface area contributed by atoms with Crippen molar-refractivity contribution in [3.63, 3.8) is 0 Å². The van der Waals surface area contributed by atoms with Crippen molar-refractivity contribution in [2.24, 2.45) is 0 Å². The monoisotopic (exact) mass is 472 g/mol. The summed E-state index contributed by atoms with van der Waals surface area (Å²) in [7, 11) is 0. The van der Waals surface area contributed by atoms with Crippen LogP contribution in [0, 0.1) is 0 Å². The zero-order chi connectivity index (χ0) is 22.3. The van der Waals surface area contributed by atoms with E-state index in [9.17, 15) is 0 Å². The van der Waals surface area contributed by atoms with Crippen LogP contribution < -0.4 is 0 Å². The number of aryl methyl sites for hydroxylation is 2. The predicted octanol–water partition coefficient (Wildman–Crippen LogP) is 8.21. The van der Waals surface area contributed by atoms with Crippen LogP contribution >= 0.6 is 0 Å². The maximum absolute atomic E-state index is 9.16. The van der Waals surface area contributed by atoms with E-state index < -0.39 is 0 Å². The zero-order valence-corrected chi connectivity index (χ0v) is 21.0. The first kappa shape index (κ1) is 27.9. The van der Waals surface area contributed by atoms with Gasteiger partial charge in [-0.1, -0.05) is 95.0 Å². The molecule has 2 rings (SSSR count). The molecule has 0 unspecified atom stereocenters. The third kappa shape index (κ3) is 9.54. The molecule has 0 heterocycles. The predicted molar refractivity (Wildman–Crippen MR) is 133 cm³/mol. The van der Waals surface area contributed by atoms with Crippen LogP contribution in [0.3, 0.4) is 0 Å². The van der Waals surface area contributed by atoms with Gasteiger partial charge < -0.3 is 5.53 Å². The van der Waals surface area contributed by atoms with Crippen molar-refractivity contribution in [3.05, 3.63) is 88.0 Å². The Balaban J connectivity index is 0.00000512. The van der Waals surface area contributed by atoms with E-state index in [4.69, 9.17) is 5.53 Å². The van der Waals surface area contributed by atoms with Gasteiger partial charge in [0.2, 0.25) is 0 Å². The third-order valence-corrected chi connectivity index (χ3v) is 5.68. The molecular formula is C29H38N2Ni. The van der Waals surface area contributed by atoms with Crippen molar-refractivity contribution in [3.8, 4) is 0 Å². The molecule has 0 bridgehead atoms. The molecule has 2 aromatic carbocycles. The summed E-state index contributed by atoms with van der Waals surface area (Å²) in [5.74, 6) is 2.81. The quantitative estimate of drug-likeness (QED) is 0.0702. The van der Waals surface area contributed by atoms with Crippen molar-refractivity contribution >= 4 is 11.4 Å². The van der Waals surface area contributed by atoms with E-state index in [-0.39, 0.29) is 16.5 Å². The number of allylic oxidation sites excluding steroid dienone is 2. The van der Waals surface area contributed by atoms with Crippen LogP contribution in [0.5, 0.6) is 0 Å². The fourth-order valence-corrected chi connectivity index (χ4v) is 3.85. The second-order valence-corrected chi connectivity index (χ2v) is 8.36. The van der Waals surface area contributed by atoms with Gasteiger partial charge in [-0.3, -0.25) is 0 Å². The molecule has 0 aliphatic rings. The maximum atomic E-state index is 9.16. The van der Waals surface area contributed by atoms with E-state index in [1.54, 1.807) is 0 Å². The minimum Gasteiger partial charge on any atom is -0.348 e. The molecule has 2 aromatic rings. The van der Waals surface area contributed by atoms with Gasteiger partial charge in [-0.2, -0.15) is 0 Å². The minimum absolute atomic E-state index is 0.